The fourth-order valence-corrected chi connectivity index (χ4v) is 3.13. The molecule has 0 aliphatic heterocycles. The lowest BCUT2D eigenvalue weighted by Crippen LogP contribution is -2.18. The quantitative estimate of drug-likeness (QED) is 0.540. The summed E-state index contributed by atoms with van der Waals surface area (Å²) in [6.45, 7) is 8.28. The number of carbonyl (C=O) groups excluding carboxylic acids is 1. The van der Waals surface area contributed by atoms with Gasteiger partial charge in [-0.1, -0.05) is 52.0 Å². The molecule has 2 rings (SSSR count). The highest BCUT2D eigenvalue weighted by Gasteiger charge is 2.14. The largest absolute Gasteiger partial charge is 0.493 e. The van der Waals surface area contributed by atoms with Crippen molar-refractivity contribution in [1.82, 2.24) is 0 Å². The number of hydrogen-bond donors (Lipinski definition) is 3. The van der Waals surface area contributed by atoms with Crippen LogP contribution in [0, 0.1) is 0 Å². The lowest BCUT2D eigenvalue weighted by molar-refractivity contribution is -0.116. The van der Waals surface area contributed by atoms with Crippen molar-refractivity contribution < 1.29 is 19.7 Å². The van der Waals surface area contributed by atoms with Gasteiger partial charge in [-0.25, -0.2) is 0 Å². The van der Waals surface area contributed by atoms with Gasteiger partial charge in [0, 0.05) is 11.1 Å². The van der Waals surface area contributed by atoms with E-state index in [-0.39, 0.29) is 38.1 Å². The molecule has 0 saturated heterocycles. The minimum absolute atomic E-state index is 0.175. The van der Waals surface area contributed by atoms with Crippen molar-refractivity contribution in [3.8, 4) is 5.75 Å². The van der Waals surface area contributed by atoms with E-state index in [1.165, 1.54) is 5.56 Å². The molecular weight excluding hydrogens is 366 g/mol. The fraction of sp³-hybridized carbons (Fsp3) is 0.458. The van der Waals surface area contributed by atoms with Gasteiger partial charge in [-0.2, -0.15) is 0 Å². The van der Waals surface area contributed by atoms with E-state index in [0.29, 0.717) is 22.7 Å². The van der Waals surface area contributed by atoms with Crippen molar-refractivity contribution in [3.63, 3.8) is 0 Å². The summed E-state index contributed by atoms with van der Waals surface area (Å²) in [6.07, 6.45) is 1.26. The molecule has 0 aliphatic carbocycles. The van der Waals surface area contributed by atoms with Crippen LogP contribution in [0.15, 0.2) is 36.4 Å². The van der Waals surface area contributed by atoms with Crippen molar-refractivity contribution in [1.29, 1.82) is 0 Å². The summed E-state index contributed by atoms with van der Waals surface area (Å²) in [5.74, 6) is 1.29. The number of aliphatic hydroxyl groups excluding tert-OH is 2. The first-order valence-corrected chi connectivity index (χ1v) is 10.3. The molecule has 0 bridgehead atoms. The summed E-state index contributed by atoms with van der Waals surface area (Å²) in [4.78, 5) is 12.4. The molecule has 2 aromatic rings. The second-order valence-electron chi connectivity index (χ2n) is 7.71. The van der Waals surface area contributed by atoms with Crippen LogP contribution in [0.25, 0.3) is 0 Å². The highest BCUT2D eigenvalue weighted by molar-refractivity contribution is 5.92. The first-order chi connectivity index (χ1) is 13.9. The van der Waals surface area contributed by atoms with Gasteiger partial charge in [0.2, 0.25) is 5.91 Å². The molecule has 1 amide bonds. The number of anilines is 1. The number of amides is 1. The Balaban J connectivity index is 1.97. The fourth-order valence-electron chi connectivity index (χ4n) is 3.13. The van der Waals surface area contributed by atoms with Gasteiger partial charge >= 0.3 is 0 Å². The Morgan fingerprint density at radius 2 is 1.59 bits per heavy atom. The molecule has 0 saturated carbocycles. The van der Waals surface area contributed by atoms with Gasteiger partial charge in [0.05, 0.1) is 31.9 Å². The predicted octanol–water partition coefficient (Wildman–Crippen LogP) is 4.72. The molecule has 0 fully saturated rings. The Hall–Kier alpha value is -2.37. The lowest BCUT2D eigenvalue weighted by atomic mass is 9.96. The number of rotatable bonds is 10. The van der Waals surface area contributed by atoms with Gasteiger partial charge in [-0.15, -0.1) is 0 Å². The Kier molecular flexibility index (Phi) is 8.68. The molecule has 0 spiro atoms. The van der Waals surface area contributed by atoms with Crippen LogP contribution < -0.4 is 10.1 Å². The van der Waals surface area contributed by atoms with Gasteiger partial charge in [0.1, 0.15) is 5.75 Å². The van der Waals surface area contributed by atoms with Gasteiger partial charge in [-0.3, -0.25) is 4.79 Å². The van der Waals surface area contributed by atoms with Crippen LogP contribution >= 0.6 is 0 Å². The molecule has 5 heteroatoms. The van der Waals surface area contributed by atoms with Crippen molar-refractivity contribution in [3.05, 3.63) is 58.7 Å². The van der Waals surface area contributed by atoms with E-state index in [1.807, 2.05) is 38.1 Å². The number of nitrogens with one attached hydrogen (secondary N) is 1. The topological polar surface area (TPSA) is 78.8 Å². The maximum atomic E-state index is 12.4. The second kappa shape index (κ2) is 11.0. The van der Waals surface area contributed by atoms with Crippen molar-refractivity contribution in [2.45, 2.75) is 65.6 Å². The Morgan fingerprint density at radius 1 is 1.00 bits per heavy atom. The van der Waals surface area contributed by atoms with E-state index in [4.69, 9.17) is 4.74 Å². The van der Waals surface area contributed by atoms with Crippen LogP contribution in [0.5, 0.6) is 5.75 Å². The molecular formula is C24H33NO4. The van der Waals surface area contributed by atoms with Crippen LogP contribution in [-0.4, -0.2) is 22.7 Å². The molecule has 1 atom stereocenters. The van der Waals surface area contributed by atoms with E-state index < -0.39 is 0 Å². The van der Waals surface area contributed by atoms with E-state index in [2.05, 4.69) is 31.3 Å². The summed E-state index contributed by atoms with van der Waals surface area (Å²) in [5.41, 5.74) is 3.99. The van der Waals surface area contributed by atoms with E-state index in [9.17, 15) is 15.0 Å². The summed E-state index contributed by atoms with van der Waals surface area (Å²) >= 11 is 0. The Bertz CT molecular complexity index is 774. The number of carbonyl (C=O) groups is 1. The van der Waals surface area contributed by atoms with E-state index >= 15 is 0 Å². The molecule has 3 N–H and O–H groups in total. The average Bonchev–Trinajstić information content (AvgIpc) is 2.73. The Labute approximate surface area is 173 Å². The molecule has 1 unspecified atom stereocenters. The molecule has 0 radical (unpaired) electrons. The zero-order valence-electron chi connectivity index (χ0n) is 17.9. The molecule has 0 aliphatic rings. The Morgan fingerprint density at radius 3 is 2.07 bits per heavy atom. The third-order valence-electron chi connectivity index (χ3n) is 5.26. The maximum absolute atomic E-state index is 12.4. The lowest BCUT2D eigenvalue weighted by Gasteiger charge is -2.17. The molecule has 158 valence electrons. The highest BCUT2D eigenvalue weighted by atomic mass is 16.5. The summed E-state index contributed by atoms with van der Waals surface area (Å²) in [6, 6.07) is 11.7. The summed E-state index contributed by atoms with van der Waals surface area (Å²) < 4.78 is 5.69. The van der Waals surface area contributed by atoms with Gasteiger partial charge < -0.3 is 20.3 Å². The van der Waals surface area contributed by atoms with Crippen molar-refractivity contribution in [2.24, 2.45) is 0 Å². The zero-order chi connectivity index (χ0) is 21.4. The van der Waals surface area contributed by atoms with Crippen LogP contribution in [-0.2, 0) is 18.0 Å². The van der Waals surface area contributed by atoms with Crippen molar-refractivity contribution in [2.75, 3.05) is 11.9 Å². The molecule has 0 aromatic heterocycles. The first kappa shape index (κ1) is 22.9. The smallest absolute Gasteiger partial charge is 0.227 e. The number of benzene rings is 2. The van der Waals surface area contributed by atoms with Gasteiger partial charge in [-0.05, 0) is 41.5 Å². The van der Waals surface area contributed by atoms with Crippen LogP contribution in [0.1, 0.15) is 74.6 Å². The average molecular weight is 400 g/mol. The molecule has 2 aromatic carbocycles. The van der Waals surface area contributed by atoms with Gasteiger partial charge in [0.15, 0.2) is 0 Å². The molecule has 5 nitrogen and oxygen atoms in total. The molecule has 0 heterocycles. The predicted molar refractivity (Wildman–Crippen MR) is 116 cm³/mol. The number of aliphatic hydroxyl groups is 2. The van der Waals surface area contributed by atoms with Crippen LogP contribution in [0.2, 0.25) is 0 Å². The standard InChI is InChI=1S/C24H33NO4/c1-5-17(4)18-6-8-22(9-7-18)29-11-10-23(28)25-24-20(14-26)12-19(16(2)3)13-21(24)15-27/h6-9,12-13,16-17,26-27H,5,10-11,14-15H2,1-4H3,(H,25,28). The monoisotopic (exact) mass is 399 g/mol. The second-order valence-corrected chi connectivity index (χ2v) is 7.71. The SMILES string of the molecule is CCC(C)c1ccc(OCCC(=O)Nc2c(CO)cc(C(C)C)cc2CO)cc1. The van der Waals surface area contributed by atoms with Crippen LogP contribution in [0.3, 0.4) is 0 Å². The van der Waals surface area contributed by atoms with E-state index in [0.717, 1.165) is 17.7 Å². The van der Waals surface area contributed by atoms with Crippen LogP contribution in [0.4, 0.5) is 5.69 Å². The highest BCUT2D eigenvalue weighted by Crippen LogP contribution is 2.28. The summed E-state index contributed by atoms with van der Waals surface area (Å²) in [7, 11) is 0. The zero-order valence-corrected chi connectivity index (χ0v) is 17.9. The number of hydrogen-bond acceptors (Lipinski definition) is 4. The normalized spacial score (nSPS) is 12.1. The maximum Gasteiger partial charge on any atom is 0.227 e. The third kappa shape index (κ3) is 6.31. The van der Waals surface area contributed by atoms with E-state index in [1.54, 1.807) is 0 Å². The summed E-state index contributed by atoms with van der Waals surface area (Å²) in [5, 5.41) is 22.2. The minimum atomic E-state index is -0.220. The molecule has 29 heavy (non-hydrogen) atoms. The first-order valence-electron chi connectivity index (χ1n) is 10.3. The van der Waals surface area contributed by atoms with Crippen molar-refractivity contribution >= 4 is 11.6 Å². The van der Waals surface area contributed by atoms with Gasteiger partial charge in [0.25, 0.3) is 0 Å². The third-order valence-corrected chi connectivity index (χ3v) is 5.26. The minimum Gasteiger partial charge on any atom is -0.493 e. The number of ether oxygens (including phenoxy) is 1.